The van der Waals surface area contributed by atoms with Gasteiger partial charge in [-0.3, -0.25) is 4.79 Å². The fraction of sp³-hybridized carbons (Fsp3) is 0.300. The molecule has 1 heterocycles. The van der Waals surface area contributed by atoms with Crippen LogP contribution in [0.3, 0.4) is 0 Å². The lowest BCUT2D eigenvalue weighted by molar-refractivity contribution is 0.0978. The molecule has 14 heavy (non-hydrogen) atoms. The fourth-order valence-electron chi connectivity index (χ4n) is 1.48. The van der Waals surface area contributed by atoms with Crippen molar-refractivity contribution in [2.24, 2.45) is 0 Å². The Kier molecular flexibility index (Phi) is 2.78. The molecule has 1 nitrogen and oxygen atoms in total. The van der Waals surface area contributed by atoms with E-state index in [-0.39, 0.29) is 11.0 Å². The van der Waals surface area contributed by atoms with Gasteiger partial charge < -0.3 is 0 Å². The van der Waals surface area contributed by atoms with Crippen LogP contribution in [0.5, 0.6) is 0 Å². The van der Waals surface area contributed by atoms with Crippen LogP contribution < -0.4 is 0 Å². The van der Waals surface area contributed by atoms with Gasteiger partial charge in [0, 0.05) is 22.1 Å². The average Bonchev–Trinajstić information content (AvgIpc) is 2.12. The zero-order valence-electron chi connectivity index (χ0n) is 7.51. The lowest BCUT2D eigenvalue weighted by Gasteiger charge is -2.21. The molecule has 0 radical (unpaired) electrons. The monoisotopic (exact) mass is 246 g/mol. The summed E-state index contributed by atoms with van der Waals surface area (Å²) in [7, 11) is 0. The maximum Gasteiger partial charge on any atom is 0.165 e. The summed E-state index contributed by atoms with van der Waals surface area (Å²) in [5.41, 5.74) is 0.711. The summed E-state index contributed by atoms with van der Waals surface area (Å²) in [6, 6.07) is 3.43. The van der Waals surface area contributed by atoms with E-state index in [2.05, 4.69) is 0 Å². The van der Waals surface area contributed by atoms with Crippen LogP contribution in [0.4, 0.5) is 0 Å². The lowest BCUT2D eigenvalue weighted by atomic mass is 10.1. The summed E-state index contributed by atoms with van der Waals surface area (Å²) < 4.78 is 0. The van der Waals surface area contributed by atoms with Crippen molar-refractivity contribution in [1.29, 1.82) is 0 Å². The molecular weight excluding hydrogens is 239 g/mol. The van der Waals surface area contributed by atoms with E-state index in [1.807, 2.05) is 6.92 Å². The van der Waals surface area contributed by atoms with Crippen LogP contribution in [0.2, 0.25) is 10.0 Å². The van der Waals surface area contributed by atoms with E-state index in [0.717, 1.165) is 4.90 Å². The standard InChI is InChI=1S/C10H8Cl2OS/c1-5-4-8(13)6-2-3-7(11)9(12)10(6)14-5/h2-3,5H,4H2,1H3. The number of thioether (sulfide) groups is 1. The topological polar surface area (TPSA) is 17.1 Å². The zero-order chi connectivity index (χ0) is 10.3. The second-order valence-electron chi connectivity index (χ2n) is 3.29. The number of rotatable bonds is 0. The van der Waals surface area contributed by atoms with Gasteiger partial charge in [0.25, 0.3) is 0 Å². The Hall–Kier alpha value is -0.180. The van der Waals surface area contributed by atoms with E-state index in [9.17, 15) is 4.79 Å². The Labute approximate surface area is 96.8 Å². The van der Waals surface area contributed by atoms with E-state index in [1.165, 1.54) is 0 Å². The Morgan fingerprint density at radius 3 is 2.86 bits per heavy atom. The van der Waals surface area contributed by atoms with Gasteiger partial charge >= 0.3 is 0 Å². The Balaban J connectivity index is 2.59. The van der Waals surface area contributed by atoms with Gasteiger partial charge in [0.05, 0.1) is 10.0 Å². The summed E-state index contributed by atoms with van der Waals surface area (Å²) in [6.07, 6.45) is 0.579. The molecule has 1 aliphatic rings. The number of benzene rings is 1. The molecule has 0 saturated carbocycles. The van der Waals surface area contributed by atoms with Gasteiger partial charge in [0.1, 0.15) is 0 Å². The first-order valence-electron chi connectivity index (χ1n) is 4.27. The van der Waals surface area contributed by atoms with Gasteiger partial charge in [-0.2, -0.15) is 0 Å². The Morgan fingerprint density at radius 2 is 2.14 bits per heavy atom. The number of carbonyl (C=O) groups is 1. The molecule has 1 unspecified atom stereocenters. The van der Waals surface area contributed by atoms with E-state index in [1.54, 1.807) is 23.9 Å². The number of halogens is 2. The van der Waals surface area contributed by atoms with Gasteiger partial charge in [-0.1, -0.05) is 30.1 Å². The molecule has 1 aromatic rings. The van der Waals surface area contributed by atoms with Gasteiger partial charge in [-0.25, -0.2) is 0 Å². The van der Waals surface area contributed by atoms with Crippen LogP contribution in [-0.4, -0.2) is 11.0 Å². The predicted molar refractivity (Wildman–Crippen MR) is 60.7 cm³/mol. The van der Waals surface area contributed by atoms with Crippen molar-refractivity contribution in [3.8, 4) is 0 Å². The van der Waals surface area contributed by atoms with Crippen molar-refractivity contribution >= 4 is 40.7 Å². The predicted octanol–water partition coefficient (Wildman–Crippen LogP) is 4.06. The molecule has 1 aromatic carbocycles. The normalized spacial score (nSPS) is 20.8. The smallest absolute Gasteiger partial charge is 0.165 e. The molecule has 0 saturated heterocycles. The van der Waals surface area contributed by atoms with Crippen LogP contribution in [0, 0.1) is 0 Å². The van der Waals surface area contributed by atoms with Crippen LogP contribution in [0.15, 0.2) is 17.0 Å². The third kappa shape index (κ3) is 1.67. The van der Waals surface area contributed by atoms with E-state index >= 15 is 0 Å². The fourth-order valence-corrected chi connectivity index (χ4v) is 3.15. The number of Topliss-reactive ketones (excluding diaryl/α,β-unsaturated/α-hetero) is 1. The molecule has 1 atom stereocenters. The third-order valence-electron chi connectivity index (χ3n) is 2.14. The molecule has 0 bridgehead atoms. The quantitative estimate of drug-likeness (QED) is 0.687. The molecule has 2 rings (SSSR count). The molecule has 0 fully saturated rings. The number of carbonyl (C=O) groups excluding carboxylic acids is 1. The summed E-state index contributed by atoms with van der Waals surface area (Å²) in [5.74, 6) is 0.157. The zero-order valence-corrected chi connectivity index (χ0v) is 9.84. The maximum absolute atomic E-state index is 11.6. The van der Waals surface area contributed by atoms with Crippen molar-refractivity contribution in [2.45, 2.75) is 23.5 Å². The Morgan fingerprint density at radius 1 is 1.43 bits per heavy atom. The summed E-state index contributed by atoms with van der Waals surface area (Å²) >= 11 is 13.5. The first kappa shape index (κ1) is 10.3. The molecule has 0 amide bonds. The van der Waals surface area contributed by atoms with Gasteiger partial charge in [-0.05, 0) is 12.1 Å². The second kappa shape index (κ2) is 3.76. The largest absolute Gasteiger partial charge is 0.294 e. The van der Waals surface area contributed by atoms with E-state index < -0.39 is 0 Å². The van der Waals surface area contributed by atoms with Crippen LogP contribution in [-0.2, 0) is 0 Å². The van der Waals surface area contributed by atoms with Crippen LogP contribution in [0.1, 0.15) is 23.7 Å². The number of hydrogen-bond donors (Lipinski definition) is 0. The third-order valence-corrected chi connectivity index (χ3v) is 4.29. The summed E-state index contributed by atoms with van der Waals surface area (Å²) in [5, 5.41) is 1.31. The van der Waals surface area contributed by atoms with Crippen molar-refractivity contribution in [2.75, 3.05) is 0 Å². The van der Waals surface area contributed by atoms with E-state index in [4.69, 9.17) is 23.2 Å². The maximum atomic E-state index is 11.6. The van der Waals surface area contributed by atoms with Crippen molar-refractivity contribution in [3.63, 3.8) is 0 Å². The highest BCUT2D eigenvalue weighted by Gasteiger charge is 2.25. The first-order valence-corrected chi connectivity index (χ1v) is 5.91. The molecule has 0 N–H and O–H groups in total. The highest BCUT2D eigenvalue weighted by molar-refractivity contribution is 8.00. The van der Waals surface area contributed by atoms with Gasteiger partial charge in [-0.15, -0.1) is 11.8 Å². The van der Waals surface area contributed by atoms with E-state index in [0.29, 0.717) is 22.0 Å². The molecule has 0 aromatic heterocycles. The minimum Gasteiger partial charge on any atom is -0.294 e. The Bertz CT molecular complexity index is 403. The number of ketones is 1. The molecular formula is C10H8Cl2OS. The highest BCUT2D eigenvalue weighted by atomic mass is 35.5. The summed E-state index contributed by atoms with van der Waals surface area (Å²) in [4.78, 5) is 12.5. The minimum atomic E-state index is 0.157. The minimum absolute atomic E-state index is 0.157. The van der Waals surface area contributed by atoms with Crippen molar-refractivity contribution in [1.82, 2.24) is 0 Å². The molecule has 74 valence electrons. The van der Waals surface area contributed by atoms with Gasteiger partial charge in [0.15, 0.2) is 5.78 Å². The molecule has 0 spiro atoms. The highest BCUT2D eigenvalue weighted by Crippen LogP contribution is 2.42. The van der Waals surface area contributed by atoms with Crippen molar-refractivity contribution < 1.29 is 4.79 Å². The SMILES string of the molecule is CC1CC(=O)c2ccc(Cl)c(Cl)c2S1. The summed E-state index contributed by atoms with van der Waals surface area (Å²) in [6.45, 7) is 2.02. The molecule has 4 heteroatoms. The van der Waals surface area contributed by atoms with Gasteiger partial charge in [0.2, 0.25) is 0 Å². The second-order valence-corrected chi connectivity index (χ2v) is 5.53. The first-order chi connectivity index (χ1) is 6.59. The van der Waals surface area contributed by atoms with Crippen LogP contribution in [0.25, 0.3) is 0 Å². The number of hydrogen-bond acceptors (Lipinski definition) is 2. The average molecular weight is 247 g/mol. The van der Waals surface area contributed by atoms with Crippen LogP contribution >= 0.6 is 35.0 Å². The van der Waals surface area contributed by atoms with Crippen molar-refractivity contribution in [3.05, 3.63) is 27.7 Å². The number of fused-ring (bicyclic) bond motifs is 1. The lowest BCUT2D eigenvalue weighted by Crippen LogP contribution is -2.14. The molecule has 0 aliphatic carbocycles. The molecule has 1 aliphatic heterocycles.